The van der Waals surface area contributed by atoms with Crippen LogP contribution in [0.1, 0.15) is 37.7 Å². The zero-order valence-corrected chi connectivity index (χ0v) is 14.3. The summed E-state index contributed by atoms with van der Waals surface area (Å²) in [5.41, 5.74) is 1.18. The highest BCUT2D eigenvalue weighted by molar-refractivity contribution is 5.83. The first-order chi connectivity index (χ1) is 11.7. The number of nitrogens with one attached hydrogen (secondary N) is 1. The van der Waals surface area contributed by atoms with E-state index >= 15 is 0 Å². The van der Waals surface area contributed by atoms with Crippen LogP contribution in [0.3, 0.4) is 0 Å². The Balaban J connectivity index is 1.46. The van der Waals surface area contributed by atoms with E-state index in [9.17, 15) is 9.59 Å². The van der Waals surface area contributed by atoms with Gasteiger partial charge in [0.05, 0.1) is 13.2 Å². The van der Waals surface area contributed by atoms with E-state index < -0.39 is 0 Å². The van der Waals surface area contributed by atoms with Crippen LogP contribution in [-0.4, -0.2) is 43.0 Å². The molecule has 0 radical (unpaired) electrons. The van der Waals surface area contributed by atoms with Gasteiger partial charge in [0, 0.05) is 25.4 Å². The lowest BCUT2D eigenvalue weighted by molar-refractivity contribution is -0.127. The molecule has 1 aliphatic carbocycles. The fourth-order valence-corrected chi connectivity index (χ4v) is 3.65. The summed E-state index contributed by atoms with van der Waals surface area (Å²) in [7, 11) is 1.65. The van der Waals surface area contributed by atoms with Crippen molar-refractivity contribution in [2.24, 2.45) is 5.92 Å². The van der Waals surface area contributed by atoms with Gasteiger partial charge in [0.15, 0.2) is 0 Å². The molecule has 0 aromatic heterocycles. The third-order valence-electron chi connectivity index (χ3n) is 5.12. The van der Waals surface area contributed by atoms with Gasteiger partial charge in [-0.2, -0.15) is 0 Å². The molecule has 2 amide bonds. The predicted octanol–water partition coefficient (Wildman–Crippen LogP) is 2.14. The first-order valence-electron chi connectivity index (χ1n) is 8.87. The van der Waals surface area contributed by atoms with E-state index in [4.69, 9.17) is 4.74 Å². The lowest BCUT2D eigenvalue weighted by Crippen LogP contribution is -2.40. The molecule has 1 saturated carbocycles. The van der Waals surface area contributed by atoms with Crippen LogP contribution in [0.15, 0.2) is 24.3 Å². The van der Waals surface area contributed by atoms with Crippen molar-refractivity contribution in [1.82, 2.24) is 10.2 Å². The standard InChI is InChI=1S/C19H26N2O3/c1-24-17-8-6-14(7-9-17)10-11-21-13-16(12-18(21)22)20-19(23)15-4-2-3-5-15/h6-9,15-16H,2-5,10-13H2,1H3,(H,20,23)/t16-/m1/s1. The Labute approximate surface area is 143 Å². The molecule has 1 aromatic carbocycles. The number of nitrogens with zero attached hydrogens (tertiary/aromatic N) is 1. The second kappa shape index (κ2) is 7.69. The number of amides is 2. The summed E-state index contributed by atoms with van der Waals surface area (Å²) >= 11 is 0. The molecule has 2 aliphatic rings. The molecule has 130 valence electrons. The average molecular weight is 330 g/mol. The van der Waals surface area contributed by atoms with Crippen LogP contribution in [0.5, 0.6) is 5.75 Å². The summed E-state index contributed by atoms with van der Waals surface area (Å²) in [6.45, 7) is 1.33. The number of methoxy groups -OCH3 is 1. The van der Waals surface area contributed by atoms with Gasteiger partial charge in [0.1, 0.15) is 5.75 Å². The van der Waals surface area contributed by atoms with Gasteiger partial charge in [-0.3, -0.25) is 9.59 Å². The third-order valence-corrected chi connectivity index (χ3v) is 5.12. The number of carbonyl (C=O) groups excluding carboxylic acids is 2. The molecule has 1 saturated heterocycles. The van der Waals surface area contributed by atoms with E-state index in [2.05, 4.69) is 5.32 Å². The molecule has 2 fully saturated rings. The maximum atomic E-state index is 12.2. The summed E-state index contributed by atoms with van der Waals surface area (Å²) in [5, 5.41) is 3.08. The molecular weight excluding hydrogens is 304 g/mol. The Kier molecular flexibility index (Phi) is 5.38. The minimum Gasteiger partial charge on any atom is -0.497 e. The average Bonchev–Trinajstić information content (AvgIpc) is 3.23. The van der Waals surface area contributed by atoms with E-state index in [0.29, 0.717) is 19.5 Å². The third kappa shape index (κ3) is 4.08. The molecule has 1 atom stereocenters. The zero-order valence-electron chi connectivity index (χ0n) is 14.3. The molecule has 1 N–H and O–H groups in total. The highest BCUT2D eigenvalue weighted by Crippen LogP contribution is 2.25. The summed E-state index contributed by atoms with van der Waals surface area (Å²) in [4.78, 5) is 26.2. The van der Waals surface area contributed by atoms with E-state index in [1.165, 1.54) is 5.56 Å². The maximum Gasteiger partial charge on any atom is 0.224 e. The normalized spacial score (nSPS) is 21.3. The van der Waals surface area contributed by atoms with Gasteiger partial charge in [0.25, 0.3) is 0 Å². The minimum atomic E-state index is -0.0264. The van der Waals surface area contributed by atoms with Crippen molar-refractivity contribution < 1.29 is 14.3 Å². The molecule has 1 aromatic rings. The Bertz CT molecular complexity index is 579. The van der Waals surface area contributed by atoms with E-state index in [-0.39, 0.29) is 23.8 Å². The van der Waals surface area contributed by atoms with Crippen molar-refractivity contribution in [2.75, 3.05) is 20.2 Å². The fraction of sp³-hybridized carbons (Fsp3) is 0.579. The monoisotopic (exact) mass is 330 g/mol. The lowest BCUT2D eigenvalue weighted by Gasteiger charge is -2.18. The molecule has 5 heteroatoms. The first-order valence-corrected chi connectivity index (χ1v) is 8.87. The molecule has 0 spiro atoms. The van der Waals surface area contributed by atoms with Crippen LogP contribution in [0, 0.1) is 5.92 Å². The Morgan fingerprint density at radius 1 is 1.25 bits per heavy atom. The second-order valence-electron chi connectivity index (χ2n) is 6.83. The van der Waals surface area contributed by atoms with Crippen LogP contribution in [0.2, 0.25) is 0 Å². The molecule has 24 heavy (non-hydrogen) atoms. The maximum absolute atomic E-state index is 12.2. The van der Waals surface area contributed by atoms with Crippen LogP contribution in [0.25, 0.3) is 0 Å². The number of ether oxygens (including phenoxy) is 1. The van der Waals surface area contributed by atoms with Crippen LogP contribution in [-0.2, 0) is 16.0 Å². The zero-order chi connectivity index (χ0) is 16.9. The van der Waals surface area contributed by atoms with Crippen molar-refractivity contribution in [3.63, 3.8) is 0 Å². The van der Waals surface area contributed by atoms with Gasteiger partial charge in [-0.25, -0.2) is 0 Å². The molecule has 1 aliphatic heterocycles. The Morgan fingerprint density at radius 3 is 2.62 bits per heavy atom. The van der Waals surface area contributed by atoms with Gasteiger partial charge in [-0.05, 0) is 37.0 Å². The van der Waals surface area contributed by atoms with E-state index in [1.807, 2.05) is 29.2 Å². The minimum absolute atomic E-state index is 0.0264. The predicted molar refractivity (Wildman–Crippen MR) is 91.8 cm³/mol. The Hall–Kier alpha value is -2.04. The van der Waals surface area contributed by atoms with Gasteiger partial charge < -0.3 is 15.0 Å². The first kappa shape index (κ1) is 16.8. The topological polar surface area (TPSA) is 58.6 Å². The number of rotatable bonds is 6. The Morgan fingerprint density at radius 2 is 1.96 bits per heavy atom. The molecule has 5 nitrogen and oxygen atoms in total. The fourth-order valence-electron chi connectivity index (χ4n) is 3.65. The number of carbonyl (C=O) groups is 2. The van der Waals surface area contributed by atoms with E-state index in [0.717, 1.165) is 37.9 Å². The van der Waals surface area contributed by atoms with E-state index in [1.54, 1.807) is 7.11 Å². The van der Waals surface area contributed by atoms with Crippen molar-refractivity contribution in [2.45, 2.75) is 44.6 Å². The number of hydrogen-bond donors (Lipinski definition) is 1. The van der Waals surface area contributed by atoms with Crippen molar-refractivity contribution in [3.05, 3.63) is 29.8 Å². The van der Waals surface area contributed by atoms with Gasteiger partial charge >= 0.3 is 0 Å². The summed E-state index contributed by atoms with van der Waals surface area (Å²) in [6.07, 6.45) is 5.53. The second-order valence-corrected chi connectivity index (χ2v) is 6.83. The largest absolute Gasteiger partial charge is 0.497 e. The summed E-state index contributed by atoms with van der Waals surface area (Å²) in [5.74, 6) is 1.28. The van der Waals surface area contributed by atoms with Gasteiger partial charge in [-0.15, -0.1) is 0 Å². The molecule has 0 unspecified atom stereocenters. The van der Waals surface area contributed by atoms with Crippen LogP contribution in [0.4, 0.5) is 0 Å². The van der Waals surface area contributed by atoms with Gasteiger partial charge in [0.2, 0.25) is 11.8 Å². The molecule has 1 heterocycles. The van der Waals surface area contributed by atoms with Crippen molar-refractivity contribution >= 4 is 11.8 Å². The van der Waals surface area contributed by atoms with Crippen LogP contribution >= 0.6 is 0 Å². The molecule has 0 bridgehead atoms. The number of benzene rings is 1. The van der Waals surface area contributed by atoms with Gasteiger partial charge in [-0.1, -0.05) is 25.0 Å². The quantitative estimate of drug-likeness (QED) is 0.869. The SMILES string of the molecule is COc1ccc(CCN2C[C@H](NC(=O)C3CCCC3)CC2=O)cc1. The van der Waals surface area contributed by atoms with Crippen molar-refractivity contribution in [1.29, 1.82) is 0 Å². The summed E-state index contributed by atoms with van der Waals surface area (Å²) < 4.78 is 5.15. The highest BCUT2D eigenvalue weighted by atomic mass is 16.5. The molecule has 3 rings (SSSR count). The summed E-state index contributed by atoms with van der Waals surface area (Å²) in [6, 6.07) is 7.90. The number of hydrogen-bond acceptors (Lipinski definition) is 3. The van der Waals surface area contributed by atoms with Crippen molar-refractivity contribution in [3.8, 4) is 5.75 Å². The highest BCUT2D eigenvalue weighted by Gasteiger charge is 2.32. The van der Waals surface area contributed by atoms with Crippen LogP contribution < -0.4 is 10.1 Å². The smallest absolute Gasteiger partial charge is 0.224 e. The lowest BCUT2D eigenvalue weighted by atomic mass is 10.1. The number of likely N-dealkylation sites (tertiary alicyclic amines) is 1. The molecular formula is C19H26N2O3.